The van der Waals surface area contributed by atoms with Gasteiger partial charge in [0, 0.05) is 6.42 Å². The second-order valence-electron chi connectivity index (χ2n) is 12.3. The molecule has 9 N–H and O–H groups in total. The first-order chi connectivity index (χ1) is 22.6. The van der Waals surface area contributed by atoms with Gasteiger partial charge >= 0.3 is 0 Å². The lowest BCUT2D eigenvalue weighted by Gasteiger charge is -2.46. The van der Waals surface area contributed by atoms with E-state index in [0.29, 0.717) is 12.8 Å². The molecule has 14 nitrogen and oxygen atoms in total. The summed E-state index contributed by atoms with van der Waals surface area (Å²) in [6.07, 6.45) is 0.446. The molecule has 0 radical (unpaired) electrons. The van der Waals surface area contributed by atoms with Crippen molar-refractivity contribution < 1.29 is 64.6 Å². The maximum absolute atomic E-state index is 12.7. The van der Waals surface area contributed by atoms with Gasteiger partial charge in [0.1, 0.15) is 48.8 Å². The molecular weight excluding hydrogens is 618 g/mol. The topological polar surface area (TPSA) is 228 Å². The number of carbonyl (C=O) groups excluding carboxylic acids is 1. The van der Waals surface area contributed by atoms with Crippen molar-refractivity contribution in [3.05, 3.63) is 24.3 Å². The molecule has 274 valence electrons. The van der Waals surface area contributed by atoms with Crippen molar-refractivity contribution in [1.82, 2.24) is 5.32 Å². The van der Waals surface area contributed by atoms with E-state index in [2.05, 4.69) is 31.3 Å². The number of carbonyl (C=O) groups is 1. The molecule has 2 heterocycles. The van der Waals surface area contributed by atoms with Crippen molar-refractivity contribution in [3.8, 4) is 0 Å². The van der Waals surface area contributed by atoms with Crippen LogP contribution >= 0.6 is 0 Å². The SMILES string of the molecule is CCCC/C=C/CC/C=C/C(O)C(COC1OC(CO)C(OC2OC(CO)C(O)C(O)C2O)C(O)C1O)NC(=O)CCCCCCC. The normalized spacial score (nSPS) is 33.0. The van der Waals surface area contributed by atoms with E-state index in [-0.39, 0.29) is 18.9 Å². The Morgan fingerprint density at radius 3 is 2.04 bits per heavy atom. The zero-order valence-corrected chi connectivity index (χ0v) is 27.8. The predicted molar refractivity (Wildman–Crippen MR) is 171 cm³/mol. The van der Waals surface area contributed by atoms with Crippen molar-refractivity contribution in [1.29, 1.82) is 0 Å². The summed E-state index contributed by atoms with van der Waals surface area (Å²) < 4.78 is 22.3. The van der Waals surface area contributed by atoms with Gasteiger partial charge in [-0.3, -0.25) is 4.79 Å². The van der Waals surface area contributed by atoms with E-state index in [9.17, 15) is 45.6 Å². The van der Waals surface area contributed by atoms with Crippen LogP contribution in [0.2, 0.25) is 0 Å². The van der Waals surface area contributed by atoms with Crippen LogP contribution in [0.3, 0.4) is 0 Å². The van der Waals surface area contributed by atoms with Crippen LogP contribution in [0.15, 0.2) is 24.3 Å². The number of hydrogen-bond acceptors (Lipinski definition) is 13. The summed E-state index contributed by atoms with van der Waals surface area (Å²) in [5, 5.41) is 85.3. The van der Waals surface area contributed by atoms with Gasteiger partial charge in [-0.15, -0.1) is 0 Å². The molecule has 0 aromatic heterocycles. The highest BCUT2D eigenvalue weighted by atomic mass is 16.7. The van der Waals surface area contributed by atoms with Crippen LogP contribution in [0, 0.1) is 0 Å². The molecule has 47 heavy (non-hydrogen) atoms. The zero-order valence-electron chi connectivity index (χ0n) is 27.8. The van der Waals surface area contributed by atoms with Crippen molar-refractivity contribution >= 4 is 5.91 Å². The lowest BCUT2D eigenvalue weighted by Crippen LogP contribution is -2.65. The van der Waals surface area contributed by atoms with Crippen LogP contribution < -0.4 is 5.32 Å². The van der Waals surface area contributed by atoms with Crippen molar-refractivity contribution in [3.63, 3.8) is 0 Å². The number of aliphatic hydroxyl groups is 8. The molecule has 0 aromatic carbocycles. The van der Waals surface area contributed by atoms with E-state index in [0.717, 1.165) is 51.4 Å². The van der Waals surface area contributed by atoms with Gasteiger partial charge in [0.05, 0.1) is 32.0 Å². The van der Waals surface area contributed by atoms with E-state index < -0.39 is 86.8 Å². The number of unbranched alkanes of at least 4 members (excludes halogenated alkanes) is 7. The molecule has 0 aliphatic carbocycles. The molecule has 2 fully saturated rings. The molecule has 2 saturated heterocycles. The Morgan fingerprint density at radius 1 is 0.745 bits per heavy atom. The molecule has 0 spiro atoms. The van der Waals surface area contributed by atoms with Crippen LogP contribution in [-0.2, 0) is 23.7 Å². The highest BCUT2D eigenvalue weighted by molar-refractivity contribution is 5.76. The summed E-state index contributed by atoms with van der Waals surface area (Å²) in [5.74, 6) is -0.271. The van der Waals surface area contributed by atoms with E-state index in [1.54, 1.807) is 6.08 Å². The molecular formula is C33H59NO13. The fraction of sp³-hybridized carbons (Fsp3) is 0.848. The third-order valence-electron chi connectivity index (χ3n) is 8.39. The number of rotatable bonds is 22. The molecule has 0 saturated carbocycles. The Kier molecular flexibility index (Phi) is 20.4. The van der Waals surface area contributed by atoms with Crippen LogP contribution in [0.5, 0.6) is 0 Å². The summed E-state index contributed by atoms with van der Waals surface area (Å²) in [6, 6.07) is -0.918. The molecule has 12 atom stereocenters. The van der Waals surface area contributed by atoms with Gasteiger partial charge in [0.2, 0.25) is 5.91 Å². The zero-order chi connectivity index (χ0) is 34.8. The molecule has 2 rings (SSSR count). The first-order valence-electron chi connectivity index (χ1n) is 17.1. The second kappa shape index (κ2) is 23.0. The minimum Gasteiger partial charge on any atom is -0.394 e. The van der Waals surface area contributed by atoms with Crippen molar-refractivity contribution in [2.24, 2.45) is 0 Å². The molecule has 1 amide bonds. The largest absolute Gasteiger partial charge is 0.394 e. The Hall–Kier alpha value is -1.53. The maximum atomic E-state index is 12.7. The average molecular weight is 678 g/mol. The minimum absolute atomic E-state index is 0.268. The van der Waals surface area contributed by atoms with E-state index in [1.165, 1.54) is 0 Å². The number of allylic oxidation sites excluding steroid dienone is 3. The number of nitrogens with one attached hydrogen (secondary N) is 1. The van der Waals surface area contributed by atoms with Gasteiger partial charge in [0.25, 0.3) is 0 Å². The lowest BCUT2D eigenvalue weighted by molar-refractivity contribution is -0.359. The number of ether oxygens (including phenoxy) is 4. The van der Waals surface area contributed by atoms with Gasteiger partial charge < -0.3 is 65.1 Å². The minimum atomic E-state index is -1.78. The molecule has 0 bridgehead atoms. The Bertz CT molecular complexity index is 904. The summed E-state index contributed by atoms with van der Waals surface area (Å²) in [4.78, 5) is 12.7. The fourth-order valence-corrected chi connectivity index (χ4v) is 5.41. The second-order valence-corrected chi connectivity index (χ2v) is 12.3. The first-order valence-corrected chi connectivity index (χ1v) is 17.1. The predicted octanol–water partition coefficient (Wildman–Crippen LogP) is -0.0839. The molecule has 0 aromatic rings. The Balaban J connectivity index is 2.04. The molecule has 12 unspecified atom stereocenters. The first kappa shape index (κ1) is 41.6. The third-order valence-corrected chi connectivity index (χ3v) is 8.39. The molecule has 2 aliphatic rings. The highest BCUT2D eigenvalue weighted by Gasteiger charge is 2.50. The monoisotopic (exact) mass is 677 g/mol. The lowest BCUT2D eigenvalue weighted by atomic mass is 9.97. The van der Waals surface area contributed by atoms with Gasteiger partial charge in [-0.25, -0.2) is 0 Å². The van der Waals surface area contributed by atoms with Crippen LogP contribution in [0.25, 0.3) is 0 Å². The quantitative estimate of drug-likeness (QED) is 0.0540. The van der Waals surface area contributed by atoms with E-state index in [4.69, 9.17) is 18.9 Å². The number of amides is 1. The summed E-state index contributed by atoms with van der Waals surface area (Å²) in [7, 11) is 0. The van der Waals surface area contributed by atoms with Gasteiger partial charge in [-0.1, -0.05) is 76.7 Å². The number of aliphatic hydroxyl groups excluding tert-OH is 8. The van der Waals surface area contributed by atoms with E-state index >= 15 is 0 Å². The van der Waals surface area contributed by atoms with Crippen molar-refractivity contribution in [2.45, 2.75) is 158 Å². The van der Waals surface area contributed by atoms with Crippen LogP contribution in [0.4, 0.5) is 0 Å². The van der Waals surface area contributed by atoms with Gasteiger partial charge in [-0.2, -0.15) is 0 Å². The van der Waals surface area contributed by atoms with Gasteiger partial charge in [-0.05, 0) is 25.7 Å². The van der Waals surface area contributed by atoms with Crippen LogP contribution in [-0.4, -0.2) is 140 Å². The Morgan fingerprint density at radius 2 is 1.36 bits per heavy atom. The molecule has 14 heteroatoms. The van der Waals surface area contributed by atoms with E-state index in [1.807, 2.05) is 6.08 Å². The van der Waals surface area contributed by atoms with Crippen LogP contribution in [0.1, 0.15) is 84.5 Å². The smallest absolute Gasteiger partial charge is 0.220 e. The third kappa shape index (κ3) is 13.7. The van der Waals surface area contributed by atoms with Crippen molar-refractivity contribution in [2.75, 3.05) is 19.8 Å². The summed E-state index contributed by atoms with van der Waals surface area (Å²) >= 11 is 0. The number of hydrogen-bond donors (Lipinski definition) is 9. The fourth-order valence-electron chi connectivity index (χ4n) is 5.41. The summed E-state index contributed by atoms with van der Waals surface area (Å²) in [6.45, 7) is 2.51. The maximum Gasteiger partial charge on any atom is 0.220 e. The standard InChI is InChI=1S/C33H59NO13/c1-3-5-7-9-10-11-13-14-16-22(37)21(34-25(38)17-15-12-8-6-4-2)20-44-32-30(43)28(41)31(24(19-36)46-32)47-33-29(42)27(40)26(39)23(18-35)45-33/h9-10,14,16,21-24,26-33,35-37,39-43H,3-8,11-13,15,17-20H2,1-2H3,(H,34,38)/b10-9+,16-14+. The average Bonchev–Trinajstić information content (AvgIpc) is 3.06. The molecule has 2 aliphatic heterocycles. The highest BCUT2D eigenvalue weighted by Crippen LogP contribution is 2.29. The van der Waals surface area contributed by atoms with Gasteiger partial charge in [0.15, 0.2) is 12.6 Å². The summed E-state index contributed by atoms with van der Waals surface area (Å²) in [5.41, 5.74) is 0. The Labute approximate surface area is 278 Å².